The predicted octanol–water partition coefficient (Wildman–Crippen LogP) is 2.70. The Morgan fingerprint density at radius 2 is 1.47 bits per heavy atom. The lowest BCUT2D eigenvalue weighted by Gasteiger charge is -2.04. The van der Waals surface area contributed by atoms with Crippen LogP contribution in [-0.2, 0) is 0 Å². The zero-order chi connectivity index (χ0) is 12.3. The maximum absolute atomic E-state index is 8.92. The molecule has 0 aliphatic carbocycles. The first-order chi connectivity index (χ1) is 7.24. The van der Waals surface area contributed by atoms with Crippen molar-refractivity contribution in [3.8, 4) is 5.75 Å². The van der Waals surface area contributed by atoms with E-state index in [2.05, 4.69) is 0 Å². The van der Waals surface area contributed by atoms with Gasteiger partial charge in [0.2, 0.25) is 0 Å². The van der Waals surface area contributed by atoms with E-state index >= 15 is 0 Å². The van der Waals surface area contributed by atoms with Gasteiger partial charge in [-0.3, -0.25) is 0 Å². The first-order valence-corrected chi connectivity index (χ1v) is 5.31. The molecule has 0 spiro atoms. The number of hydrogen-bond acceptors (Lipinski definition) is 3. The van der Waals surface area contributed by atoms with Crippen molar-refractivity contribution in [2.75, 3.05) is 7.11 Å². The fourth-order valence-electron chi connectivity index (χ4n) is 0.801. The molecule has 0 bridgehead atoms. The van der Waals surface area contributed by atoms with E-state index in [-0.39, 0.29) is 0 Å². The highest BCUT2D eigenvalue weighted by Gasteiger charge is 1.99. The summed E-state index contributed by atoms with van der Waals surface area (Å²) in [4.78, 5) is 0. The molecule has 0 heterocycles. The molecule has 88 valence electrons. The van der Waals surface area contributed by atoms with E-state index in [4.69, 9.17) is 15.6 Å². The van der Waals surface area contributed by atoms with Gasteiger partial charge < -0.3 is 15.6 Å². The normalized spacial score (nSPS) is 10.1. The van der Waals surface area contributed by atoms with Crippen molar-refractivity contribution in [3.05, 3.63) is 29.8 Å². The van der Waals surface area contributed by atoms with E-state index in [0.29, 0.717) is 5.56 Å². The van der Waals surface area contributed by atoms with E-state index in [1.807, 2.05) is 27.7 Å². The van der Waals surface area contributed by atoms with E-state index in [1.54, 1.807) is 31.4 Å². The molecular weight excluding hydrogens is 190 g/mol. The molecule has 1 rings (SSSR count). The standard InChI is InChI=1S/C8H11NO2.2C2H6/c1-11-7-4-2-6(3-5-7)8(9)10;2*1-2/h2-5,8,10H,9H2,1H3;2*1-2H3. The number of rotatable bonds is 2. The molecule has 1 unspecified atom stereocenters. The lowest BCUT2D eigenvalue weighted by atomic mass is 10.2. The van der Waals surface area contributed by atoms with Gasteiger partial charge in [0.25, 0.3) is 0 Å². The number of nitrogens with two attached hydrogens (primary N) is 1. The molecule has 0 aromatic heterocycles. The third-order valence-corrected chi connectivity index (χ3v) is 1.46. The first-order valence-electron chi connectivity index (χ1n) is 5.31. The van der Waals surface area contributed by atoms with Gasteiger partial charge in [0.15, 0.2) is 0 Å². The van der Waals surface area contributed by atoms with Crippen LogP contribution in [0.3, 0.4) is 0 Å². The quantitative estimate of drug-likeness (QED) is 0.743. The minimum absolute atomic E-state index is 0.686. The van der Waals surface area contributed by atoms with Gasteiger partial charge >= 0.3 is 0 Å². The maximum Gasteiger partial charge on any atom is 0.128 e. The summed E-state index contributed by atoms with van der Waals surface area (Å²) in [6, 6.07) is 6.96. The van der Waals surface area contributed by atoms with Crippen LogP contribution in [0.1, 0.15) is 39.5 Å². The molecule has 0 radical (unpaired) electrons. The number of aliphatic hydroxyl groups excluding tert-OH is 1. The SMILES string of the molecule is CC.CC.COc1ccc(C(N)O)cc1. The summed E-state index contributed by atoms with van der Waals surface area (Å²) in [5.74, 6) is 0.759. The van der Waals surface area contributed by atoms with Crippen molar-refractivity contribution in [1.82, 2.24) is 0 Å². The molecule has 1 aromatic rings. The van der Waals surface area contributed by atoms with Gasteiger partial charge in [-0.15, -0.1) is 0 Å². The summed E-state index contributed by atoms with van der Waals surface area (Å²) in [7, 11) is 1.59. The van der Waals surface area contributed by atoms with Crippen LogP contribution in [0.25, 0.3) is 0 Å². The Balaban J connectivity index is 0. The van der Waals surface area contributed by atoms with Gasteiger partial charge in [0.05, 0.1) is 7.11 Å². The number of benzene rings is 1. The second-order valence-electron chi connectivity index (χ2n) is 2.22. The summed E-state index contributed by atoms with van der Waals surface area (Å²) in [5.41, 5.74) is 5.91. The van der Waals surface area contributed by atoms with Crippen molar-refractivity contribution in [2.24, 2.45) is 5.73 Å². The average Bonchev–Trinajstić information content (AvgIpc) is 2.34. The van der Waals surface area contributed by atoms with Crippen LogP contribution in [0.2, 0.25) is 0 Å². The molecule has 0 amide bonds. The Morgan fingerprint density at radius 3 is 1.73 bits per heavy atom. The maximum atomic E-state index is 8.92. The lowest BCUT2D eigenvalue weighted by molar-refractivity contribution is 0.186. The van der Waals surface area contributed by atoms with Crippen LogP contribution in [0.4, 0.5) is 0 Å². The van der Waals surface area contributed by atoms with Crippen LogP contribution in [0, 0.1) is 0 Å². The second kappa shape index (κ2) is 11.0. The van der Waals surface area contributed by atoms with Crippen molar-refractivity contribution in [1.29, 1.82) is 0 Å². The molecule has 0 aliphatic rings. The van der Waals surface area contributed by atoms with Crippen LogP contribution in [0.5, 0.6) is 5.75 Å². The zero-order valence-corrected chi connectivity index (χ0v) is 10.3. The summed E-state index contributed by atoms with van der Waals surface area (Å²) in [6.45, 7) is 8.00. The van der Waals surface area contributed by atoms with Gasteiger partial charge in [-0.1, -0.05) is 39.8 Å². The highest BCUT2D eigenvalue weighted by Crippen LogP contribution is 2.13. The fraction of sp³-hybridized carbons (Fsp3) is 0.500. The predicted molar refractivity (Wildman–Crippen MR) is 64.8 cm³/mol. The van der Waals surface area contributed by atoms with Gasteiger partial charge in [-0.25, -0.2) is 0 Å². The topological polar surface area (TPSA) is 55.5 Å². The molecule has 0 aliphatic heterocycles. The molecule has 1 atom stereocenters. The Kier molecular flexibility index (Phi) is 12.0. The smallest absolute Gasteiger partial charge is 0.128 e. The molecule has 15 heavy (non-hydrogen) atoms. The fourth-order valence-corrected chi connectivity index (χ4v) is 0.801. The van der Waals surface area contributed by atoms with Gasteiger partial charge in [0.1, 0.15) is 12.0 Å². The Hall–Kier alpha value is -1.06. The highest BCUT2D eigenvalue weighted by molar-refractivity contribution is 5.27. The summed E-state index contributed by atoms with van der Waals surface area (Å²) < 4.78 is 4.93. The Bertz CT molecular complexity index is 220. The monoisotopic (exact) mass is 213 g/mol. The number of methoxy groups -OCH3 is 1. The second-order valence-corrected chi connectivity index (χ2v) is 2.22. The molecule has 3 nitrogen and oxygen atoms in total. The van der Waals surface area contributed by atoms with Crippen LogP contribution in [-0.4, -0.2) is 12.2 Å². The van der Waals surface area contributed by atoms with Crippen molar-refractivity contribution in [2.45, 2.75) is 33.9 Å². The molecular formula is C12H23NO2. The number of aliphatic hydroxyl groups is 1. The summed E-state index contributed by atoms with van der Waals surface area (Å²) in [6.07, 6.45) is -0.902. The van der Waals surface area contributed by atoms with Gasteiger partial charge in [0, 0.05) is 0 Å². The van der Waals surface area contributed by atoms with E-state index in [9.17, 15) is 0 Å². The molecule has 1 aromatic carbocycles. The average molecular weight is 213 g/mol. The highest BCUT2D eigenvalue weighted by atomic mass is 16.5. The minimum atomic E-state index is -0.902. The Morgan fingerprint density at radius 1 is 1.07 bits per heavy atom. The number of ether oxygens (including phenoxy) is 1. The molecule has 0 saturated carbocycles. The third-order valence-electron chi connectivity index (χ3n) is 1.46. The van der Waals surface area contributed by atoms with E-state index in [0.717, 1.165) is 5.75 Å². The molecule has 3 heteroatoms. The van der Waals surface area contributed by atoms with Gasteiger partial charge in [-0.05, 0) is 17.7 Å². The van der Waals surface area contributed by atoms with Crippen LogP contribution < -0.4 is 10.5 Å². The van der Waals surface area contributed by atoms with Crippen molar-refractivity contribution >= 4 is 0 Å². The third kappa shape index (κ3) is 6.94. The van der Waals surface area contributed by atoms with Crippen LogP contribution in [0.15, 0.2) is 24.3 Å². The zero-order valence-electron chi connectivity index (χ0n) is 10.3. The van der Waals surface area contributed by atoms with Crippen LogP contribution >= 0.6 is 0 Å². The number of hydrogen-bond donors (Lipinski definition) is 2. The summed E-state index contributed by atoms with van der Waals surface area (Å²) >= 11 is 0. The Labute approximate surface area is 92.9 Å². The summed E-state index contributed by atoms with van der Waals surface area (Å²) in [5, 5.41) is 8.92. The largest absolute Gasteiger partial charge is 0.497 e. The minimum Gasteiger partial charge on any atom is -0.497 e. The first kappa shape index (κ1) is 16.4. The molecule has 3 N–H and O–H groups in total. The van der Waals surface area contributed by atoms with Gasteiger partial charge in [-0.2, -0.15) is 0 Å². The molecule has 0 saturated heterocycles. The van der Waals surface area contributed by atoms with E-state index in [1.165, 1.54) is 0 Å². The molecule has 0 fully saturated rings. The lowest BCUT2D eigenvalue weighted by Crippen LogP contribution is -2.07. The van der Waals surface area contributed by atoms with Crippen molar-refractivity contribution < 1.29 is 9.84 Å². The van der Waals surface area contributed by atoms with E-state index < -0.39 is 6.23 Å². The van der Waals surface area contributed by atoms with Crippen molar-refractivity contribution in [3.63, 3.8) is 0 Å².